The summed E-state index contributed by atoms with van der Waals surface area (Å²) in [5.74, 6) is 3.37. The number of hydrogen-bond acceptors (Lipinski definition) is 4. The Morgan fingerprint density at radius 3 is 1.00 bits per heavy atom. The molecule has 0 amide bonds. The molecular formula is C31H32O4. The number of ether oxygens (including phenoxy) is 4. The van der Waals surface area contributed by atoms with Crippen LogP contribution in [-0.2, 0) is 11.8 Å². The van der Waals surface area contributed by atoms with Gasteiger partial charge in [-0.2, -0.15) is 0 Å². The number of benzene rings is 4. The fourth-order valence-electron chi connectivity index (χ4n) is 4.68. The summed E-state index contributed by atoms with van der Waals surface area (Å²) in [6, 6.07) is 33.5. The summed E-state index contributed by atoms with van der Waals surface area (Å²) in [5, 5.41) is 0. The quantitative estimate of drug-likeness (QED) is 0.243. The van der Waals surface area contributed by atoms with Crippen LogP contribution in [0.3, 0.4) is 0 Å². The first-order valence-corrected chi connectivity index (χ1v) is 11.7. The van der Waals surface area contributed by atoms with E-state index in [-0.39, 0.29) is 0 Å². The highest BCUT2D eigenvalue weighted by molar-refractivity contribution is 5.53. The zero-order valence-electron chi connectivity index (χ0n) is 20.8. The third kappa shape index (κ3) is 5.12. The third-order valence-electron chi connectivity index (χ3n) is 6.70. The lowest BCUT2D eigenvalue weighted by molar-refractivity contribution is 0.413. The van der Waals surface area contributed by atoms with Gasteiger partial charge < -0.3 is 18.9 Å². The second-order valence-electron chi connectivity index (χ2n) is 8.44. The lowest BCUT2D eigenvalue weighted by Crippen LogP contribution is -2.30. The van der Waals surface area contributed by atoms with Gasteiger partial charge in [-0.15, -0.1) is 0 Å². The largest absolute Gasteiger partial charge is 0.497 e. The highest BCUT2D eigenvalue weighted by atomic mass is 16.5. The third-order valence-corrected chi connectivity index (χ3v) is 6.70. The van der Waals surface area contributed by atoms with Crippen LogP contribution in [0.4, 0.5) is 0 Å². The number of methoxy groups -OCH3 is 4. The summed E-state index contributed by atoms with van der Waals surface area (Å²) in [6.45, 7) is 0. The molecule has 0 aliphatic carbocycles. The summed E-state index contributed by atoms with van der Waals surface area (Å²) in [4.78, 5) is 0. The maximum atomic E-state index is 5.46. The molecule has 0 fully saturated rings. The molecule has 4 heteroatoms. The van der Waals surface area contributed by atoms with Crippen molar-refractivity contribution in [2.24, 2.45) is 0 Å². The average molecular weight is 469 g/mol. The average Bonchev–Trinajstić information content (AvgIpc) is 2.94. The summed E-state index contributed by atoms with van der Waals surface area (Å²) in [5.41, 5.74) is 4.45. The monoisotopic (exact) mass is 468 g/mol. The van der Waals surface area contributed by atoms with Gasteiger partial charge in [-0.1, -0.05) is 48.5 Å². The molecule has 0 bridgehead atoms. The molecule has 0 saturated carbocycles. The minimum Gasteiger partial charge on any atom is -0.497 e. The molecule has 4 nitrogen and oxygen atoms in total. The SMILES string of the molecule is COc1ccc(CCC(c2ccc(OC)cc2)(c2ccc(OC)cc2)c2ccc(OC)cc2)cc1. The highest BCUT2D eigenvalue weighted by Crippen LogP contribution is 2.44. The minimum absolute atomic E-state index is 0.398. The van der Waals surface area contributed by atoms with Gasteiger partial charge in [0.15, 0.2) is 0 Å². The Morgan fingerprint density at radius 1 is 0.429 bits per heavy atom. The van der Waals surface area contributed by atoms with E-state index in [1.165, 1.54) is 22.3 Å². The van der Waals surface area contributed by atoms with E-state index in [4.69, 9.17) is 18.9 Å². The lowest BCUT2D eigenvalue weighted by atomic mass is 9.66. The first-order chi connectivity index (χ1) is 17.1. The summed E-state index contributed by atoms with van der Waals surface area (Å²) >= 11 is 0. The van der Waals surface area contributed by atoms with E-state index in [9.17, 15) is 0 Å². The van der Waals surface area contributed by atoms with Crippen molar-refractivity contribution in [3.8, 4) is 23.0 Å². The molecule has 0 aliphatic rings. The van der Waals surface area contributed by atoms with Crippen molar-refractivity contribution in [2.75, 3.05) is 28.4 Å². The molecule has 180 valence electrons. The Bertz CT molecular complexity index is 1080. The predicted octanol–water partition coefficient (Wildman–Crippen LogP) is 6.69. The highest BCUT2D eigenvalue weighted by Gasteiger charge is 2.36. The van der Waals surface area contributed by atoms with E-state index < -0.39 is 5.41 Å². The second kappa shape index (κ2) is 11.0. The van der Waals surface area contributed by atoms with Crippen molar-refractivity contribution in [2.45, 2.75) is 18.3 Å². The first-order valence-electron chi connectivity index (χ1n) is 11.7. The Balaban J connectivity index is 1.87. The van der Waals surface area contributed by atoms with E-state index in [1.807, 2.05) is 48.5 Å². The molecule has 0 unspecified atom stereocenters. The van der Waals surface area contributed by atoms with Crippen LogP contribution in [-0.4, -0.2) is 28.4 Å². The van der Waals surface area contributed by atoms with Gasteiger partial charge in [0, 0.05) is 5.41 Å². The van der Waals surface area contributed by atoms with Crippen LogP contribution < -0.4 is 18.9 Å². The van der Waals surface area contributed by atoms with E-state index in [2.05, 4.69) is 48.5 Å². The molecule has 0 spiro atoms. The Labute approximate surface area is 208 Å². The number of aryl methyl sites for hydroxylation is 1. The van der Waals surface area contributed by atoms with Gasteiger partial charge in [0.1, 0.15) is 23.0 Å². The van der Waals surface area contributed by atoms with Crippen LogP contribution in [0.5, 0.6) is 23.0 Å². The van der Waals surface area contributed by atoms with Crippen LogP contribution in [0.2, 0.25) is 0 Å². The number of hydrogen-bond donors (Lipinski definition) is 0. The van der Waals surface area contributed by atoms with E-state index in [0.717, 1.165) is 35.8 Å². The van der Waals surface area contributed by atoms with Crippen molar-refractivity contribution < 1.29 is 18.9 Å². The second-order valence-corrected chi connectivity index (χ2v) is 8.44. The Morgan fingerprint density at radius 2 is 0.714 bits per heavy atom. The molecule has 4 aromatic rings. The molecule has 0 aromatic heterocycles. The maximum Gasteiger partial charge on any atom is 0.118 e. The zero-order valence-corrected chi connectivity index (χ0v) is 20.8. The normalized spacial score (nSPS) is 11.1. The fourth-order valence-corrected chi connectivity index (χ4v) is 4.68. The smallest absolute Gasteiger partial charge is 0.118 e. The van der Waals surface area contributed by atoms with Crippen LogP contribution in [0.15, 0.2) is 97.1 Å². The van der Waals surface area contributed by atoms with Crippen LogP contribution in [0, 0.1) is 0 Å². The molecule has 4 rings (SSSR count). The van der Waals surface area contributed by atoms with Crippen LogP contribution >= 0.6 is 0 Å². The van der Waals surface area contributed by atoms with E-state index in [0.29, 0.717) is 0 Å². The molecule has 0 saturated heterocycles. The minimum atomic E-state index is -0.398. The van der Waals surface area contributed by atoms with Crippen molar-refractivity contribution >= 4 is 0 Å². The molecule has 0 radical (unpaired) electrons. The topological polar surface area (TPSA) is 36.9 Å². The molecular weight excluding hydrogens is 436 g/mol. The van der Waals surface area contributed by atoms with Crippen molar-refractivity contribution in [3.05, 3.63) is 119 Å². The Hall–Kier alpha value is -3.92. The van der Waals surface area contributed by atoms with Gasteiger partial charge in [0.05, 0.1) is 28.4 Å². The van der Waals surface area contributed by atoms with Crippen LogP contribution in [0.25, 0.3) is 0 Å². The molecule has 4 aromatic carbocycles. The van der Waals surface area contributed by atoms with Crippen molar-refractivity contribution in [1.29, 1.82) is 0 Å². The van der Waals surface area contributed by atoms with Gasteiger partial charge >= 0.3 is 0 Å². The van der Waals surface area contributed by atoms with Gasteiger partial charge in [-0.3, -0.25) is 0 Å². The summed E-state index contributed by atoms with van der Waals surface area (Å²) in [6.07, 6.45) is 1.75. The predicted molar refractivity (Wildman–Crippen MR) is 140 cm³/mol. The molecule has 0 N–H and O–H groups in total. The molecule has 35 heavy (non-hydrogen) atoms. The zero-order chi connectivity index (χ0) is 24.7. The van der Waals surface area contributed by atoms with E-state index in [1.54, 1.807) is 28.4 Å². The molecule has 0 atom stereocenters. The van der Waals surface area contributed by atoms with Gasteiger partial charge in [-0.25, -0.2) is 0 Å². The molecule has 0 heterocycles. The fraction of sp³-hybridized carbons (Fsp3) is 0.226. The first kappa shape index (κ1) is 24.2. The standard InChI is InChI=1S/C31H32O4/c1-32-27-13-5-23(6-14-27)21-22-31(24-7-15-28(33-2)16-8-24,25-9-17-29(34-3)18-10-25)26-11-19-30(35-4)20-12-26/h5-20H,21-22H2,1-4H3. The maximum absolute atomic E-state index is 5.46. The van der Waals surface area contributed by atoms with E-state index >= 15 is 0 Å². The summed E-state index contributed by atoms with van der Waals surface area (Å²) < 4.78 is 21.7. The number of rotatable bonds is 10. The van der Waals surface area contributed by atoms with Crippen molar-refractivity contribution in [3.63, 3.8) is 0 Å². The Kier molecular flexibility index (Phi) is 7.61. The molecule has 0 aliphatic heterocycles. The van der Waals surface area contributed by atoms with Crippen LogP contribution in [0.1, 0.15) is 28.7 Å². The van der Waals surface area contributed by atoms with Gasteiger partial charge in [0.25, 0.3) is 0 Å². The lowest BCUT2D eigenvalue weighted by Gasteiger charge is -2.36. The van der Waals surface area contributed by atoms with Gasteiger partial charge in [0.2, 0.25) is 0 Å². The van der Waals surface area contributed by atoms with Gasteiger partial charge in [-0.05, 0) is 83.6 Å². The summed E-state index contributed by atoms with van der Waals surface area (Å²) in [7, 11) is 6.77. The van der Waals surface area contributed by atoms with Crippen molar-refractivity contribution in [1.82, 2.24) is 0 Å².